The van der Waals surface area contributed by atoms with Crippen molar-refractivity contribution in [3.8, 4) is 5.75 Å². The van der Waals surface area contributed by atoms with E-state index in [9.17, 15) is 4.79 Å². The number of hydrogen-bond donors (Lipinski definition) is 2. The van der Waals surface area contributed by atoms with Gasteiger partial charge in [-0.15, -0.1) is 0 Å². The molecule has 0 aliphatic rings. The maximum absolute atomic E-state index is 11.0. The Morgan fingerprint density at radius 3 is 3.07 bits per heavy atom. The summed E-state index contributed by atoms with van der Waals surface area (Å²) < 4.78 is 5.06. The summed E-state index contributed by atoms with van der Waals surface area (Å²) in [6, 6.07) is 7.24. The quantitative estimate of drug-likeness (QED) is 0.786. The standard InChI is InChI=1S/C11H14N2O2/c1-3-12-11(14)13-8-9-5-4-6-10(7-9)15-2/h3-7H,1,8H2,2H3,(H2,12,13,14). The van der Waals surface area contributed by atoms with E-state index < -0.39 is 0 Å². The van der Waals surface area contributed by atoms with Gasteiger partial charge in [-0.1, -0.05) is 18.7 Å². The van der Waals surface area contributed by atoms with Gasteiger partial charge in [-0.05, 0) is 23.9 Å². The highest BCUT2D eigenvalue weighted by Crippen LogP contribution is 2.11. The van der Waals surface area contributed by atoms with E-state index in [0.29, 0.717) is 6.54 Å². The summed E-state index contributed by atoms with van der Waals surface area (Å²) in [5.74, 6) is 0.776. The Morgan fingerprint density at radius 1 is 1.60 bits per heavy atom. The van der Waals surface area contributed by atoms with Gasteiger partial charge in [-0.2, -0.15) is 0 Å². The second-order valence-corrected chi connectivity index (χ2v) is 2.88. The maximum Gasteiger partial charge on any atom is 0.319 e. The average Bonchev–Trinajstić information content (AvgIpc) is 2.27. The molecule has 4 nitrogen and oxygen atoms in total. The van der Waals surface area contributed by atoms with E-state index in [4.69, 9.17) is 4.74 Å². The van der Waals surface area contributed by atoms with E-state index in [2.05, 4.69) is 17.2 Å². The summed E-state index contributed by atoms with van der Waals surface area (Å²) in [5.41, 5.74) is 0.980. The Morgan fingerprint density at radius 2 is 2.40 bits per heavy atom. The minimum Gasteiger partial charge on any atom is -0.497 e. The van der Waals surface area contributed by atoms with Crippen LogP contribution in [0.3, 0.4) is 0 Å². The first-order valence-electron chi connectivity index (χ1n) is 4.54. The molecule has 0 radical (unpaired) electrons. The third-order valence-corrected chi connectivity index (χ3v) is 1.82. The summed E-state index contributed by atoms with van der Waals surface area (Å²) in [6.07, 6.45) is 1.33. The van der Waals surface area contributed by atoms with Crippen LogP contribution in [0, 0.1) is 0 Å². The molecule has 0 spiro atoms. The van der Waals surface area contributed by atoms with Crippen molar-refractivity contribution in [1.29, 1.82) is 0 Å². The minimum atomic E-state index is -0.271. The highest BCUT2D eigenvalue weighted by atomic mass is 16.5. The van der Waals surface area contributed by atoms with Crippen LogP contribution in [-0.4, -0.2) is 13.1 Å². The Bertz CT molecular complexity index is 350. The van der Waals surface area contributed by atoms with E-state index in [1.54, 1.807) is 7.11 Å². The zero-order valence-corrected chi connectivity index (χ0v) is 8.62. The third-order valence-electron chi connectivity index (χ3n) is 1.82. The number of benzene rings is 1. The normalized spacial score (nSPS) is 9.13. The number of amides is 2. The highest BCUT2D eigenvalue weighted by Gasteiger charge is 1.98. The smallest absolute Gasteiger partial charge is 0.319 e. The molecule has 4 heteroatoms. The number of carbonyl (C=O) groups is 1. The van der Waals surface area contributed by atoms with Crippen molar-refractivity contribution in [3.05, 3.63) is 42.6 Å². The molecule has 0 fully saturated rings. The molecule has 2 N–H and O–H groups in total. The number of ether oxygens (including phenoxy) is 1. The molecule has 0 aliphatic carbocycles. The predicted molar refractivity (Wildman–Crippen MR) is 58.6 cm³/mol. The summed E-state index contributed by atoms with van der Waals surface area (Å²) in [4.78, 5) is 11.0. The first-order valence-corrected chi connectivity index (χ1v) is 4.54. The van der Waals surface area contributed by atoms with E-state index in [1.165, 1.54) is 6.20 Å². The van der Waals surface area contributed by atoms with E-state index in [-0.39, 0.29) is 6.03 Å². The number of urea groups is 1. The van der Waals surface area contributed by atoms with Crippen molar-refractivity contribution in [2.24, 2.45) is 0 Å². The monoisotopic (exact) mass is 206 g/mol. The van der Waals surface area contributed by atoms with E-state index in [0.717, 1.165) is 11.3 Å². The Balaban J connectivity index is 2.49. The molecule has 0 atom stereocenters. The minimum absolute atomic E-state index is 0.271. The van der Waals surface area contributed by atoms with Crippen LogP contribution in [0.4, 0.5) is 4.79 Å². The third kappa shape index (κ3) is 3.72. The van der Waals surface area contributed by atoms with Gasteiger partial charge in [0.2, 0.25) is 0 Å². The predicted octanol–water partition coefficient (Wildman–Crippen LogP) is 1.64. The lowest BCUT2D eigenvalue weighted by atomic mass is 10.2. The molecule has 15 heavy (non-hydrogen) atoms. The second-order valence-electron chi connectivity index (χ2n) is 2.88. The van der Waals surface area contributed by atoms with Crippen molar-refractivity contribution < 1.29 is 9.53 Å². The van der Waals surface area contributed by atoms with Crippen molar-refractivity contribution in [3.63, 3.8) is 0 Å². The summed E-state index contributed by atoms with van der Waals surface area (Å²) in [7, 11) is 1.61. The van der Waals surface area contributed by atoms with Crippen LogP contribution in [0.25, 0.3) is 0 Å². The number of rotatable bonds is 4. The van der Waals surface area contributed by atoms with Crippen LogP contribution in [0.2, 0.25) is 0 Å². The van der Waals surface area contributed by atoms with Gasteiger partial charge in [0.15, 0.2) is 0 Å². The fourth-order valence-electron chi connectivity index (χ4n) is 1.11. The van der Waals surface area contributed by atoms with Gasteiger partial charge in [0, 0.05) is 6.54 Å². The lowest BCUT2D eigenvalue weighted by molar-refractivity contribution is 0.244. The van der Waals surface area contributed by atoms with Crippen LogP contribution in [0.1, 0.15) is 5.56 Å². The Kier molecular flexibility index (Phi) is 4.22. The Hall–Kier alpha value is -1.97. The molecule has 0 bridgehead atoms. The number of hydrogen-bond acceptors (Lipinski definition) is 2. The zero-order chi connectivity index (χ0) is 11.1. The van der Waals surface area contributed by atoms with E-state index in [1.807, 2.05) is 24.3 Å². The van der Waals surface area contributed by atoms with Gasteiger partial charge in [0.1, 0.15) is 5.75 Å². The van der Waals surface area contributed by atoms with Crippen LogP contribution in [0.5, 0.6) is 5.75 Å². The molecule has 1 aromatic carbocycles. The summed E-state index contributed by atoms with van der Waals surface area (Å²) >= 11 is 0. The number of methoxy groups -OCH3 is 1. The first kappa shape index (κ1) is 11.1. The average molecular weight is 206 g/mol. The topological polar surface area (TPSA) is 50.4 Å². The van der Waals surface area contributed by atoms with Crippen LogP contribution >= 0.6 is 0 Å². The molecule has 0 heterocycles. The molecule has 0 unspecified atom stereocenters. The zero-order valence-electron chi connectivity index (χ0n) is 8.62. The number of carbonyl (C=O) groups excluding carboxylic acids is 1. The van der Waals surface area contributed by atoms with Crippen molar-refractivity contribution in [2.45, 2.75) is 6.54 Å². The lowest BCUT2D eigenvalue weighted by Crippen LogP contribution is -2.31. The molecular formula is C11H14N2O2. The van der Waals surface area contributed by atoms with Crippen LogP contribution in [0.15, 0.2) is 37.0 Å². The molecule has 1 aromatic rings. The maximum atomic E-state index is 11.0. The highest BCUT2D eigenvalue weighted by molar-refractivity contribution is 5.74. The molecule has 2 amide bonds. The van der Waals surface area contributed by atoms with Crippen molar-refractivity contribution >= 4 is 6.03 Å². The van der Waals surface area contributed by atoms with Crippen LogP contribution < -0.4 is 15.4 Å². The Labute approximate surface area is 88.9 Å². The van der Waals surface area contributed by atoms with Gasteiger partial charge in [0.05, 0.1) is 7.11 Å². The largest absolute Gasteiger partial charge is 0.497 e. The second kappa shape index (κ2) is 5.70. The SMILES string of the molecule is C=CNC(=O)NCc1cccc(OC)c1. The molecular weight excluding hydrogens is 192 g/mol. The first-order chi connectivity index (χ1) is 7.26. The van der Waals surface area contributed by atoms with Gasteiger partial charge in [0.25, 0.3) is 0 Å². The van der Waals surface area contributed by atoms with Gasteiger partial charge >= 0.3 is 6.03 Å². The molecule has 1 rings (SSSR count). The lowest BCUT2D eigenvalue weighted by Gasteiger charge is -2.06. The van der Waals surface area contributed by atoms with Gasteiger partial charge in [-0.3, -0.25) is 0 Å². The fraction of sp³-hybridized carbons (Fsp3) is 0.182. The molecule has 0 saturated heterocycles. The van der Waals surface area contributed by atoms with E-state index >= 15 is 0 Å². The fourth-order valence-corrected chi connectivity index (χ4v) is 1.11. The summed E-state index contributed by atoms with van der Waals surface area (Å²) in [6.45, 7) is 3.85. The molecule has 0 saturated carbocycles. The van der Waals surface area contributed by atoms with Gasteiger partial charge in [-0.25, -0.2) is 4.79 Å². The van der Waals surface area contributed by atoms with Crippen molar-refractivity contribution in [1.82, 2.24) is 10.6 Å². The molecule has 0 aromatic heterocycles. The van der Waals surface area contributed by atoms with Crippen LogP contribution in [-0.2, 0) is 6.54 Å². The summed E-state index contributed by atoms with van der Waals surface area (Å²) in [5, 5.41) is 5.10. The van der Waals surface area contributed by atoms with Gasteiger partial charge < -0.3 is 15.4 Å². The number of nitrogens with one attached hydrogen (secondary N) is 2. The molecule has 0 aliphatic heterocycles. The molecule has 80 valence electrons. The van der Waals surface area contributed by atoms with Crippen molar-refractivity contribution in [2.75, 3.05) is 7.11 Å².